The molecule has 0 spiro atoms. The molecule has 0 atom stereocenters. The molecule has 0 radical (unpaired) electrons. The van der Waals surface area contributed by atoms with Crippen LogP contribution in [0.2, 0.25) is 0 Å². The summed E-state index contributed by atoms with van der Waals surface area (Å²) in [6.45, 7) is 0. The predicted molar refractivity (Wildman–Crippen MR) is 49.9 cm³/mol. The van der Waals surface area contributed by atoms with Crippen LogP contribution in [0.4, 0.5) is 4.39 Å². The van der Waals surface area contributed by atoms with Gasteiger partial charge in [-0.25, -0.2) is 9.97 Å². The van der Waals surface area contributed by atoms with E-state index in [2.05, 4.69) is 15.0 Å². The summed E-state index contributed by atoms with van der Waals surface area (Å²) in [7, 11) is 1.67. The summed E-state index contributed by atoms with van der Waals surface area (Å²) in [5.74, 6) is -1.07. The smallest absolute Gasteiger partial charge is 0.305 e. The first kappa shape index (κ1) is 8.95. The number of rotatable bonds is 0. The van der Waals surface area contributed by atoms with E-state index in [1.807, 2.05) is 0 Å². The van der Waals surface area contributed by atoms with Crippen molar-refractivity contribution in [1.82, 2.24) is 19.5 Å². The largest absolute Gasteiger partial charge is 0.325 e. The van der Waals surface area contributed by atoms with Crippen LogP contribution in [0.25, 0.3) is 11.2 Å². The highest BCUT2D eigenvalue weighted by Crippen LogP contribution is 2.02. The minimum absolute atomic E-state index is 0.194. The van der Waals surface area contributed by atoms with Gasteiger partial charge < -0.3 is 9.55 Å². The Balaban J connectivity index is 2.97. The highest BCUT2D eigenvalue weighted by atomic mass is 32.1. The van der Waals surface area contributed by atoms with E-state index in [1.165, 1.54) is 10.8 Å². The summed E-state index contributed by atoms with van der Waals surface area (Å²) < 4.78 is 14.6. The second-order valence-electron chi connectivity index (χ2n) is 2.72. The Bertz CT molecular complexity index is 566. The molecule has 2 aromatic rings. The van der Waals surface area contributed by atoms with Crippen molar-refractivity contribution >= 4 is 23.4 Å². The van der Waals surface area contributed by atoms with Gasteiger partial charge in [0.25, 0.3) is 5.95 Å². The van der Waals surface area contributed by atoms with E-state index >= 15 is 0 Å². The minimum atomic E-state index is -1.07. The first-order valence-electron chi connectivity index (χ1n) is 3.71. The van der Waals surface area contributed by atoms with Crippen molar-refractivity contribution in [2.45, 2.75) is 0 Å². The van der Waals surface area contributed by atoms with Gasteiger partial charge in [0.15, 0.2) is 5.65 Å². The van der Waals surface area contributed by atoms with Crippen molar-refractivity contribution in [3.8, 4) is 0 Å². The summed E-state index contributed by atoms with van der Waals surface area (Å²) in [5.41, 5.74) is -0.439. The lowest BCUT2D eigenvalue weighted by Gasteiger charge is -1.99. The molecule has 2 heterocycles. The number of hydrogen-bond acceptors (Lipinski definition) is 4. The molecule has 0 aliphatic heterocycles. The van der Waals surface area contributed by atoms with Gasteiger partial charge >= 0.3 is 5.56 Å². The number of aromatic amines is 1. The van der Waals surface area contributed by atoms with Gasteiger partial charge in [0.2, 0.25) is 4.77 Å². The standard InChI is InChI=1S/C7H5FN4OS/c1-12-2-3-5(11-7(12)14)10-6(13)4(8)9-3/h2H,1H3,(H,10,11,13,14). The van der Waals surface area contributed by atoms with Gasteiger partial charge in [-0.1, -0.05) is 0 Å². The topological polar surface area (TPSA) is 63.6 Å². The third-order valence-electron chi connectivity index (χ3n) is 1.71. The first-order valence-corrected chi connectivity index (χ1v) is 4.12. The number of halogens is 1. The van der Waals surface area contributed by atoms with E-state index in [4.69, 9.17) is 12.2 Å². The third-order valence-corrected chi connectivity index (χ3v) is 2.08. The van der Waals surface area contributed by atoms with Gasteiger partial charge in [-0.05, 0) is 12.2 Å². The van der Waals surface area contributed by atoms with Gasteiger partial charge in [-0.2, -0.15) is 4.39 Å². The molecule has 0 unspecified atom stereocenters. The SMILES string of the molecule is Cn1cc2nc(F)c(=O)[nH]c2nc1=S. The zero-order chi connectivity index (χ0) is 10.3. The van der Waals surface area contributed by atoms with Crippen molar-refractivity contribution in [3.05, 3.63) is 27.3 Å². The van der Waals surface area contributed by atoms with Crippen LogP contribution in [0.5, 0.6) is 0 Å². The van der Waals surface area contributed by atoms with Crippen LogP contribution in [-0.4, -0.2) is 19.5 Å². The zero-order valence-electron chi connectivity index (χ0n) is 7.11. The average Bonchev–Trinajstić information content (AvgIpc) is 2.11. The molecule has 2 rings (SSSR count). The van der Waals surface area contributed by atoms with Gasteiger partial charge in [-0.3, -0.25) is 4.79 Å². The molecule has 0 amide bonds. The molecular weight excluding hydrogens is 207 g/mol. The van der Waals surface area contributed by atoms with Gasteiger partial charge in [-0.15, -0.1) is 0 Å². The van der Waals surface area contributed by atoms with E-state index < -0.39 is 11.5 Å². The molecule has 0 aliphatic carbocycles. The molecule has 0 aliphatic rings. The first-order chi connectivity index (χ1) is 6.58. The van der Waals surface area contributed by atoms with Crippen LogP contribution in [0.15, 0.2) is 11.0 Å². The fraction of sp³-hybridized carbons (Fsp3) is 0.143. The van der Waals surface area contributed by atoms with E-state index in [1.54, 1.807) is 7.05 Å². The lowest BCUT2D eigenvalue weighted by molar-refractivity contribution is 0.569. The van der Waals surface area contributed by atoms with Gasteiger partial charge in [0.05, 0.1) is 0 Å². The monoisotopic (exact) mass is 212 g/mol. The van der Waals surface area contributed by atoms with Crippen molar-refractivity contribution in [3.63, 3.8) is 0 Å². The number of hydrogen-bond donors (Lipinski definition) is 1. The number of aromatic nitrogens is 4. The summed E-state index contributed by atoms with van der Waals surface area (Å²) >= 11 is 4.87. The maximum Gasteiger partial charge on any atom is 0.305 e. The molecule has 14 heavy (non-hydrogen) atoms. The lowest BCUT2D eigenvalue weighted by Crippen LogP contribution is -2.14. The van der Waals surface area contributed by atoms with Crippen LogP contribution >= 0.6 is 12.2 Å². The second kappa shape index (κ2) is 2.95. The molecule has 7 heteroatoms. The Hall–Kier alpha value is -1.63. The number of aryl methyl sites for hydroxylation is 1. The summed E-state index contributed by atoms with van der Waals surface area (Å²) in [6, 6.07) is 0. The number of nitrogens with zero attached hydrogens (tertiary/aromatic N) is 3. The Labute approximate surface area is 82.3 Å². The van der Waals surface area contributed by atoms with Gasteiger partial charge in [0.1, 0.15) is 5.52 Å². The van der Waals surface area contributed by atoms with Crippen molar-refractivity contribution < 1.29 is 4.39 Å². The highest BCUT2D eigenvalue weighted by Gasteiger charge is 2.04. The molecule has 1 N–H and O–H groups in total. The lowest BCUT2D eigenvalue weighted by atomic mass is 10.5. The van der Waals surface area contributed by atoms with E-state index in [9.17, 15) is 9.18 Å². The number of H-pyrrole nitrogens is 1. The van der Waals surface area contributed by atoms with Crippen molar-refractivity contribution in [2.24, 2.45) is 7.05 Å². The molecule has 2 aromatic heterocycles. The molecule has 0 bridgehead atoms. The maximum absolute atomic E-state index is 12.8. The average molecular weight is 212 g/mol. The van der Waals surface area contributed by atoms with Crippen LogP contribution in [0, 0.1) is 10.7 Å². The van der Waals surface area contributed by atoms with Crippen molar-refractivity contribution in [2.75, 3.05) is 0 Å². The van der Waals surface area contributed by atoms with E-state index in [-0.39, 0.29) is 11.2 Å². The predicted octanol–water partition coefficient (Wildman–Crippen LogP) is 0.525. The van der Waals surface area contributed by atoms with Crippen LogP contribution in [-0.2, 0) is 7.05 Å². The molecule has 72 valence electrons. The Morgan fingerprint density at radius 3 is 3.00 bits per heavy atom. The van der Waals surface area contributed by atoms with Crippen LogP contribution in [0.1, 0.15) is 0 Å². The zero-order valence-corrected chi connectivity index (χ0v) is 7.93. The van der Waals surface area contributed by atoms with Crippen LogP contribution < -0.4 is 5.56 Å². The third kappa shape index (κ3) is 1.31. The molecular formula is C7H5FN4OS. The summed E-state index contributed by atoms with van der Waals surface area (Å²) in [5, 5.41) is 0. The Kier molecular flexibility index (Phi) is 1.88. The minimum Gasteiger partial charge on any atom is -0.325 e. The molecule has 0 fully saturated rings. The normalized spacial score (nSPS) is 10.7. The quantitative estimate of drug-likeness (QED) is 0.647. The van der Waals surface area contributed by atoms with Gasteiger partial charge in [0, 0.05) is 13.2 Å². The van der Waals surface area contributed by atoms with E-state index in [0.717, 1.165) is 0 Å². The molecule has 0 aromatic carbocycles. The Morgan fingerprint density at radius 1 is 1.57 bits per heavy atom. The number of fused-ring (bicyclic) bond motifs is 1. The maximum atomic E-state index is 12.8. The molecule has 0 saturated carbocycles. The molecule has 0 saturated heterocycles. The highest BCUT2D eigenvalue weighted by molar-refractivity contribution is 7.71. The van der Waals surface area contributed by atoms with Crippen LogP contribution in [0.3, 0.4) is 0 Å². The fourth-order valence-electron chi connectivity index (χ4n) is 1.02. The fourth-order valence-corrected chi connectivity index (χ4v) is 1.17. The summed E-state index contributed by atoms with van der Waals surface area (Å²) in [4.78, 5) is 20.4. The number of nitrogens with one attached hydrogen (secondary N) is 1. The summed E-state index contributed by atoms with van der Waals surface area (Å²) in [6.07, 6.45) is 1.50. The molecule has 5 nitrogen and oxygen atoms in total. The second-order valence-corrected chi connectivity index (χ2v) is 3.09. The van der Waals surface area contributed by atoms with E-state index in [0.29, 0.717) is 4.77 Å². The Morgan fingerprint density at radius 2 is 2.29 bits per heavy atom. The van der Waals surface area contributed by atoms with Crippen molar-refractivity contribution in [1.29, 1.82) is 0 Å².